The number of carbonyl (C=O) groups is 1. The van der Waals surface area contributed by atoms with Gasteiger partial charge in [-0.25, -0.2) is 4.79 Å². The summed E-state index contributed by atoms with van der Waals surface area (Å²) < 4.78 is 16.4. The molecule has 2 aromatic carbocycles. The molecule has 0 aliphatic rings. The van der Waals surface area contributed by atoms with Crippen molar-refractivity contribution in [1.29, 1.82) is 5.26 Å². The van der Waals surface area contributed by atoms with Crippen LogP contribution in [-0.4, -0.2) is 19.7 Å². The maximum Gasteiger partial charge on any atom is 0.336 e. The highest BCUT2D eigenvalue weighted by molar-refractivity contribution is 9.10. The Balaban J connectivity index is 2.19. The lowest BCUT2D eigenvalue weighted by molar-refractivity contribution is -0.129. The van der Waals surface area contributed by atoms with Crippen LogP contribution in [0.1, 0.15) is 18.1 Å². The first-order valence-electron chi connectivity index (χ1n) is 7.47. The monoisotopic (exact) mass is 401 g/mol. The zero-order valence-electron chi connectivity index (χ0n) is 13.8. The van der Waals surface area contributed by atoms with E-state index in [1.165, 1.54) is 12.1 Å². The molecule has 0 atom stereocenters. The van der Waals surface area contributed by atoms with Crippen molar-refractivity contribution in [2.45, 2.75) is 6.92 Å². The Hall–Kier alpha value is -2.78. The van der Waals surface area contributed by atoms with Gasteiger partial charge >= 0.3 is 5.97 Å². The van der Waals surface area contributed by atoms with Crippen LogP contribution in [0.3, 0.4) is 0 Å². The molecule has 128 valence electrons. The molecular weight excluding hydrogens is 386 g/mol. The first-order chi connectivity index (χ1) is 12.1. The van der Waals surface area contributed by atoms with Crippen LogP contribution >= 0.6 is 15.9 Å². The number of rotatable bonds is 6. The zero-order chi connectivity index (χ0) is 18.2. The second kappa shape index (κ2) is 8.90. The number of carbonyl (C=O) groups excluding carboxylic acids is 1. The maximum atomic E-state index is 12.1. The third-order valence-corrected chi connectivity index (χ3v) is 3.74. The largest absolute Gasteiger partial charge is 0.497 e. The van der Waals surface area contributed by atoms with E-state index in [0.29, 0.717) is 28.1 Å². The molecule has 0 amide bonds. The summed E-state index contributed by atoms with van der Waals surface area (Å²) in [6, 6.07) is 12.4. The van der Waals surface area contributed by atoms with Gasteiger partial charge in [-0.3, -0.25) is 0 Å². The highest BCUT2D eigenvalue weighted by Gasteiger charge is 2.15. The molecule has 0 fully saturated rings. The van der Waals surface area contributed by atoms with Gasteiger partial charge in [0.25, 0.3) is 0 Å². The summed E-state index contributed by atoms with van der Waals surface area (Å²) >= 11 is 3.30. The summed E-state index contributed by atoms with van der Waals surface area (Å²) in [5.41, 5.74) is 1.21. The zero-order valence-corrected chi connectivity index (χ0v) is 15.4. The lowest BCUT2D eigenvalue weighted by Gasteiger charge is -2.11. The van der Waals surface area contributed by atoms with E-state index in [0.717, 1.165) is 5.56 Å². The molecule has 2 aromatic rings. The van der Waals surface area contributed by atoms with E-state index in [1.54, 1.807) is 32.2 Å². The average molecular weight is 402 g/mol. The second-order valence-electron chi connectivity index (χ2n) is 4.86. The predicted octanol–water partition coefficient (Wildman–Crippen LogP) is 4.35. The summed E-state index contributed by atoms with van der Waals surface area (Å²) in [6.45, 7) is 2.19. The summed E-state index contributed by atoms with van der Waals surface area (Å²) in [4.78, 5) is 12.1. The summed E-state index contributed by atoms with van der Waals surface area (Å²) in [7, 11) is 1.58. The van der Waals surface area contributed by atoms with Gasteiger partial charge in [0.05, 0.1) is 29.8 Å². The maximum absolute atomic E-state index is 12.1. The Labute approximate surface area is 154 Å². The Bertz CT molecular complexity index is 840. The molecule has 0 aliphatic carbocycles. The van der Waals surface area contributed by atoms with E-state index in [-0.39, 0.29) is 5.75 Å². The standard InChI is InChI=1S/C19H16BrNO4/c1-3-24-17-11-14(12-21)10-16(20)19(17)25-18(22)8-7-13-5-4-6-15(9-13)23-2/h4-11H,3H2,1-2H3/b8-7+. The molecule has 6 heteroatoms. The molecule has 0 unspecified atom stereocenters. The number of hydrogen-bond donors (Lipinski definition) is 0. The van der Waals surface area contributed by atoms with Gasteiger partial charge in [0.1, 0.15) is 5.75 Å². The van der Waals surface area contributed by atoms with Gasteiger partial charge < -0.3 is 14.2 Å². The number of ether oxygens (including phenoxy) is 3. The lowest BCUT2D eigenvalue weighted by Crippen LogP contribution is -2.07. The van der Waals surface area contributed by atoms with Crippen LogP contribution in [0.5, 0.6) is 17.2 Å². The molecule has 2 rings (SSSR count). The Morgan fingerprint density at radius 2 is 2.12 bits per heavy atom. The lowest BCUT2D eigenvalue weighted by atomic mass is 10.2. The molecule has 0 spiro atoms. The minimum Gasteiger partial charge on any atom is -0.497 e. The van der Waals surface area contributed by atoms with Crippen LogP contribution < -0.4 is 14.2 Å². The number of methoxy groups -OCH3 is 1. The molecule has 25 heavy (non-hydrogen) atoms. The fourth-order valence-corrected chi connectivity index (χ4v) is 2.56. The van der Waals surface area contributed by atoms with E-state index >= 15 is 0 Å². The van der Waals surface area contributed by atoms with Crippen molar-refractivity contribution >= 4 is 28.0 Å². The molecule has 0 heterocycles. The van der Waals surface area contributed by atoms with E-state index < -0.39 is 5.97 Å². The van der Waals surface area contributed by atoms with Gasteiger partial charge in [0, 0.05) is 12.1 Å². The number of benzene rings is 2. The first kappa shape index (κ1) is 18.6. The van der Waals surface area contributed by atoms with Gasteiger partial charge in [-0.15, -0.1) is 0 Å². The van der Waals surface area contributed by atoms with E-state index in [9.17, 15) is 4.79 Å². The minimum absolute atomic E-state index is 0.237. The van der Waals surface area contributed by atoms with Crippen LogP contribution in [0.25, 0.3) is 6.08 Å². The topological polar surface area (TPSA) is 68.5 Å². The van der Waals surface area contributed by atoms with Crippen LogP contribution in [0, 0.1) is 11.3 Å². The van der Waals surface area contributed by atoms with Crippen molar-refractivity contribution < 1.29 is 19.0 Å². The molecule has 0 N–H and O–H groups in total. The molecule has 0 aromatic heterocycles. The number of hydrogen-bond acceptors (Lipinski definition) is 5. The Morgan fingerprint density at radius 3 is 2.80 bits per heavy atom. The molecule has 0 saturated carbocycles. The highest BCUT2D eigenvalue weighted by atomic mass is 79.9. The fraction of sp³-hybridized carbons (Fsp3) is 0.158. The Kier molecular flexibility index (Phi) is 6.61. The third kappa shape index (κ3) is 5.10. The summed E-state index contributed by atoms with van der Waals surface area (Å²) in [5.74, 6) is 0.705. The van der Waals surface area contributed by atoms with Crippen molar-refractivity contribution in [2.75, 3.05) is 13.7 Å². The predicted molar refractivity (Wildman–Crippen MR) is 97.7 cm³/mol. The van der Waals surface area contributed by atoms with Gasteiger partial charge in [0.15, 0.2) is 11.5 Å². The molecule has 0 bridgehead atoms. The van der Waals surface area contributed by atoms with Crippen molar-refractivity contribution in [3.63, 3.8) is 0 Å². The smallest absolute Gasteiger partial charge is 0.336 e. The molecular formula is C19H16BrNO4. The first-order valence-corrected chi connectivity index (χ1v) is 8.27. The number of nitrogens with zero attached hydrogens (tertiary/aromatic N) is 1. The number of esters is 1. The van der Waals surface area contributed by atoms with Crippen molar-refractivity contribution in [1.82, 2.24) is 0 Å². The normalized spacial score (nSPS) is 10.3. The van der Waals surface area contributed by atoms with E-state index in [1.807, 2.05) is 24.3 Å². The fourth-order valence-electron chi connectivity index (χ4n) is 2.04. The summed E-state index contributed by atoms with van der Waals surface area (Å²) in [6.07, 6.45) is 2.94. The van der Waals surface area contributed by atoms with Crippen molar-refractivity contribution in [3.8, 4) is 23.3 Å². The van der Waals surface area contributed by atoms with Gasteiger partial charge in [-0.1, -0.05) is 12.1 Å². The van der Waals surface area contributed by atoms with Crippen LogP contribution in [0.15, 0.2) is 46.9 Å². The number of nitriles is 1. The van der Waals surface area contributed by atoms with Crippen LogP contribution in [-0.2, 0) is 4.79 Å². The van der Waals surface area contributed by atoms with Crippen LogP contribution in [0.4, 0.5) is 0 Å². The minimum atomic E-state index is -0.561. The SMILES string of the molecule is CCOc1cc(C#N)cc(Br)c1OC(=O)/C=C/c1cccc(OC)c1. The Morgan fingerprint density at radius 1 is 1.32 bits per heavy atom. The third-order valence-electron chi connectivity index (χ3n) is 3.15. The second-order valence-corrected chi connectivity index (χ2v) is 5.72. The van der Waals surface area contributed by atoms with E-state index in [2.05, 4.69) is 15.9 Å². The molecule has 0 radical (unpaired) electrons. The summed E-state index contributed by atoms with van der Waals surface area (Å²) in [5, 5.41) is 9.02. The van der Waals surface area contributed by atoms with Gasteiger partial charge in [0.2, 0.25) is 0 Å². The van der Waals surface area contributed by atoms with Gasteiger partial charge in [-0.05, 0) is 52.7 Å². The molecule has 0 aliphatic heterocycles. The molecule has 5 nitrogen and oxygen atoms in total. The molecule has 0 saturated heterocycles. The van der Waals surface area contributed by atoms with Crippen LogP contribution in [0.2, 0.25) is 0 Å². The van der Waals surface area contributed by atoms with Gasteiger partial charge in [-0.2, -0.15) is 5.26 Å². The number of halogens is 1. The highest BCUT2D eigenvalue weighted by Crippen LogP contribution is 2.37. The average Bonchev–Trinajstić information content (AvgIpc) is 2.63. The van der Waals surface area contributed by atoms with Crippen molar-refractivity contribution in [3.05, 3.63) is 58.1 Å². The van der Waals surface area contributed by atoms with E-state index in [4.69, 9.17) is 19.5 Å². The van der Waals surface area contributed by atoms with Crippen molar-refractivity contribution in [2.24, 2.45) is 0 Å². The quantitative estimate of drug-likeness (QED) is 0.408.